The molecule has 1 aliphatic heterocycles. The Morgan fingerprint density at radius 3 is 3.31 bits per heavy atom. The number of halogens is 1. The maximum Gasteiger partial charge on any atom is 0.165 e. The van der Waals surface area contributed by atoms with E-state index in [-0.39, 0.29) is 11.9 Å². The molecule has 0 aliphatic carbocycles. The summed E-state index contributed by atoms with van der Waals surface area (Å²) in [6.07, 6.45) is 1.71. The van der Waals surface area contributed by atoms with Gasteiger partial charge in [-0.2, -0.15) is 0 Å². The number of hydrogen-bond donors (Lipinski definition) is 1. The van der Waals surface area contributed by atoms with Gasteiger partial charge in [0.15, 0.2) is 11.6 Å². The van der Waals surface area contributed by atoms with Crippen LogP contribution < -0.4 is 10.2 Å². The first-order valence-corrected chi connectivity index (χ1v) is 5.43. The molecule has 0 bridgehead atoms. The van der Waals surface area contributed by atoms with Crippen LogP contribution in [0.5, 0.6) is 0 Å². The molecular formula is C11H16FN3O. The highest BCUT2D eigenvalue weighted by Gasteiger charge is 2.22. The van der Waals surface area contributed by atoms with Crippen LogP contribution in [-0.4, -0.2) is 44.4 Å². The van der Waals surface area contributed by atoms with Crippen molar-refractivity contribution in [1.82, 2.24) is 10.3 Å². The quantitative estimate of drug-likeness (QED) is 0.819. The van der Waals surface area contributed by atoms with Gasteiger partial charge >= 0.3 is 0 Å². The summed E-state index contributed by atoms with van der Waals surface area (Å²) in [5.74, 6) is 0.152. The maximum atomic E-state index is 13.5. The smallest absolute Gasteiger partial charge is 0.165 e. The van der Waals surface area contributed by atoms with Gasteiger partial charge in [0.2, 0.25) is 0 Å². The molecule has 16 heavy (non-hydrogen) atoms. The van der Waals surface area contributed by atoms with Gasteiger partial charge in [0.1, 0.15) is 0 Å². The van der Waals surface area contributed by atoms with E-state index in [1.165, 1.54) is 6.07 Å². The lowest BCUT2D eigenvalue weighted by molar-refractivity contribution is 0.0417. The van der Waals surface area contributed by atoms with Crippen molar-refractivity contribution in [2.45, 2.75) is 6.10 Å². The molecule has 0 saturated carbocycles. The standard InChI is InChI=1S/C11H16FN3O/c1-13-7-9-8-15(5-6-16-9)11-10(12)3-2-4-14-11/h2-4,9,13H,5-8H2,1H3. The average molecular weight is 225 g/mol. The fourth-order valence-corrected chi connectivity index (χ4v) is 1.87. The predicted octanol–water partition coefficient (Wildman–Crippen LogP) is 0.645. The lowest BCUT2D eigenvalue weighted by Gasteiger charge is -2.33. The summed E-state index contributed by atoms with van der Waals surface area (Å²) in [5.41, 5.74) is 0. The van der Waals surface area contributed by atoms with Gasteiger partial charge in [-0.1, -0.05) is 0 Å². The maximum absolute atomic E-state index is 13.5. The minimum atomic E-state index is -0.271. The highest BCUT2D eigenvalue weighted by Crippen LogP contribution is 2.17. The highest BCUT2D eigenvalue weighted by atomic mass is 19.1. The van der Waals surface area contributed by atoms with Gasteiger partial charge < -0.3 is 15.0 Å². The third-order valence-electron chi connectivity index (χ3n) is 2.61. The first kappa shape index (κ1) is 11.3. The number of likely N-dealkylation sites (N-methyl/N-ethyl adjacent to an activating group) is 1. The van der Waals surface area contributed by atoms with Crippen LogP contribution in [0.4, 0.5) is 10.2 Å². The Labute approximate surface area is 94.4 Å². The first-order chi connectivity index (χ1) is 7.81. The molecule has 1 aliphatic rings. The van der Waals surface area contributed by atoms with E-state index < -0.39 is 0 Å². The van der Waals surface area contributed by atoms with E-state index in [4.69, 9.17) is 4.74 Å². The summed E-state index contributed by atoms with van der Waals surface area (Å²) in [6.45, 7) is 2.75. The Kier molecular flexibility index (Phi) is 3.69. The number of morpholine rings is 1. The molecular weight excluding hydrogens is 209 g/mol. The van der Waals surface area contributed by atoms with E-state index in [0.717, 1.165) is 6.54 Å². The van der Waals surface area contributed by atoms with Crippen LogP contribution in [0.15, 0.2) is 18.3 Å². The fourth-order valence-electron chi connectivity index (χ4n) is 1.87. The van der Waals surface area contributed by atoms with Crippen LogP contribution in [-0.2, 0) is 4.74 Å². The second-order valence-corrected chi connectivity index (χ2v) is 3.81. The Balaban J connectivity index is 2.07. The summed E-state index contributed by atoms with van der Waals surface area (Å²) < 4.78 is 19.1. The van der Waals surface area contributed by atoms with Gasteiger partial charge in [0, 0.05) is 25.8 Å². The Bertz CT molecular complexity index is 346. The van der Waals surface area contributed by atoms with E-state index >= 15 is 0 Å². The van der Waals surface area contributed by atoms with Crippen molar-refractivity contribution in [2.24, 2.45) is 0 Å². The second-order valence-electron chi connectivity index (χ2n) is 3.81. The Morgan fingerprint density at radius 2 is 2.56 bits per heavy atom. The van der Waals surface area contributed by atoms with Gasteiger partial charge in [0.25, 0.3) is 0 Å². The molecule has 1 aromatic rings. The molecule has 0 spiro atoms. The van der Waals surface area contributed by atoms with Crippen molar-refractivity contribution in [3.05, 3.63) is 24.1 Å². The molecule has 4 nitrogen and oxygen atoms in total. The lowest BCUT2D eigenvalue weighted by Crippen LogP contribution is -2.46. The molecule has 88 valence electrons. The van der Waals surface area contributed by atoms with Gasteiger partial charge in [-0.05, 0) is 19.2 Å². The summed E-state index contributed by atoms with van der Waals surface area (Å²) in [6, 6.07) is 3.04. The number of anilines is 1. The monoisotopic (exact) mass is 225 g/mol. The zero-order valence-electron chi connectivity index (χ0n) is 9.32. The second kappa shape index (κ2) is 5.23. The number of nitrogens with one attached hydrogen (secondary N) is 1. The van der Waals surface area contributed by atoms with E-state index in [9.17, 15) is 4.39 Å². The van der Waals surface area contributed by atoms with Crippen molar-refractivity contribution in [3.63, 3.8) is 0 Å². The summed E-state index contributed by atoms with van der Waals surface area (Å²) in [7, 11) is 1.88. The SMILES string of the molecule is CNCC1CN(c2ncccc2F)CCO1. The predicted molar refractivity (Wildman–Crippen MR) is 60.1 cm³/mol. The molecule has 2 rings (SSSR count). The minimum absolute atomic E-state index is 0.0974. The van der Waals surface area contributed by atoms with Crippen molar-refractivity contribution in [3.8, 4) is 0 Å². The zero-order chi connectivity index (χ0) is 11.4. The zero-order valence-corrected chi connectivity index (χ0v) is 9.32. The molecule has 1 atom stereocenters. The third kappa shape index (κ3) is 2.48. The summed E-state index contributed by atoms with van der Waals surface area (Å²) in [4.78, 5) is 6.00. The summed E-state index contributed by atoms with van der Waals surface area (Å²) in [5, 5.41) is 3.06. The molecule has 0 radical (unpaired) electrons. The summed E-state index contributed by atoms with van der Waals surface area (Å²) >= 11 is 0. The fraction of sp³-hybridized carbons (Fsp3) is 0.545. The van der Waals surface area contributed by atoms with E-state index in [2.05, 4.69) is 10.3 Å². The number of aromatic nitrogens is 1. The molecule has 5 heteroatoms. The average Bonchev–Trinajstić information content (AvgIpc) is 2.30. The number of ether oxygens (including phenoxy) is 1. The number of nitrogens with zero attached hydrogens (tertiary/aromatic N) is 2. The molecule has 1 N–H and O–H groups in total. The van der Waals surface area contributed by atoms with Crippen LogP contribution in [0.25, 0.3) is 0 Å². The topological polar surface area (TPSA) is 37.4 Å². The number of rotatable bonds is 3. The van der Waals surface area contributed by atoms with E-state index in [1.807, 2.05) is 11.9 Å². The molecule has 1 fully saturated rings. The van der Waals surface area contributed by atoms with Gasteiger partial charge in [-0.3, -0.25) is 0 Å². The van der Waals surface area contributed by atoms with Crippen LogP contribution >= 0.6 is 0 Å². The van der Waals surface area contributed by atoms with Crippen molar-refractivity contribution in [2.75, 3.05) is 38.2 Å². The largest absolute Gasteiger partial charge is 0.373 e. The number of hydrogen-bond acceptors (Lipinski definition) is 4. The molecule has 1 saturated heterocycles. The molecule has 0 aromatic carbocycles. The first-order valence-electron chi connectivity index (χ1n) is 5.43. The van der Waals surface area contributed by atoms with Crippen LogP contribution in [0.1, 0.15) is 0 Å². The van der Waals surface area contributed by atoms with Crippen molar-refractivity contribution >= 4 is 5.82 Å². The lowest BCUT2D eigenvalue weighted by atomic mass is 10.2. The van der Waals surface area contributed by atoms with Gasteiger partial charge in [-0.25, -0.2) is 9.37 Å². The van der Waals surface area contributed by atoms with Crippen molar-refractivity contribution in [1.29, 1.82) is 0 Å². The molecule has 1 aromatic heterocycles. The van der Waals surface area contributed by atoms with Gasteiger partial charge in [0.05, 0.1) is 12.7 Å². The highest BCUT2D eigenvalue weighted by molar-refractivity contribution is 5.40. The van der Waals surface area contributed by atoms with E-state index in [0.29, 0.717) is 25.5 Å². The normalized spacial score (nSPS) is 21.1. The molecule has 2 heterocycles. The Hall–Kier alpha value is -1.20. The van der Waals surface area contributed by atoms with Crippen LogP contribution in [0.2, 0.25) is 0 Å². The van der Waals surface area contributed by atoms with Crippen molar-refractivity contribution < 1.29 is 9.13 Å². The third-order valence-corrected chi connectivity index (χ3v) is 2.61. The van der Waals surface area contributed by atoms with Crippen LogP contribution in [0.3, 0.4) is 0 Å². The molecule has 0 amide bonds. The van der Waals surface area contributed by atoms with Gasteiger partial charge in [-0.15, -0.1) is 0 Å². The number of pyridine rings is 1. The minimum Gasteiger partial charge on any atom is -0.373 e. The molecule has 1 unspecified atom stereocenters. The van der Waals surface area contributed by atoms with Crippen LogP contribution in [0, 0.1) is 5.82 Å². The Morgan fingerprint density at radius 1 is 1.69 bits per heavy atom. The van der Waals surface area contributed by atoms with E-state index in [1.54, 1.807) is 12.3 Å².